The van der Waals surface area contributed by atoms with Crippen molar-refractivity contribution in [1.29, 1.82) is 0 Å². The van der Waals surface area contributed by atoms with E-state index in [9.17, 15) is 4.79 Å². The molecule has 1 aliphatic rings. The number of hydrogen-bond donors (Lipinski definition) is 2. The van der Waals surface area contributed by atoms with E-state index in [-0.39, 0.29) is 5.91 Å². The largest absolute Gasteiger partial charge is 0.352 e. The number of carbonyl (C=O) groups excluding carboxylic acids is 1. The molecule has 24 heavy (non-hydrogen) atoms. The lowest BCUT2D eigenvalue weighted by atomic mass is 9.96. The number of amides is 1. The fourth-order valence-corrected chi connectivity index (χ4v) is 3.33. The number of aromatic nitrogens is 1. The Balaban J connectivity index is 1.73. The van der Waals surface area contributed by atoms with E-state index in [2.05, 4.69) is 29.5 Å². The number of pyridine rings is 1. The van der Waals surface area contributed by atoms with Gasteiger partial charge in [0.1, 0.15) is 0 Å². The van der Waals surface area contributed by atoms with Crippen LogP contribution in [0.25, 0.3) is 10.9 Å². The SMILES string of the molecule is CC(C)c1cc(C(=O)NCCC2CCCNC2)c2ccccc2n1. The number of nitrogens with zero attached hydrogens (tertiary/aromatic N) is 1. The van der Waals surface area contributed by atoms with Crippen molar-refractivity contribution in [3.8, 4) is 0 Å². The van der Waals surface area contributed by atoms with Gasteiger partial charge in [0.05, 0.1) is 11.1 Å². The highest BCUT2D eigenvalue weighted by molar-refractivity contribution is 6.06. The number of para-hydroxylation sites is 1. The normalized spacial score (nSPS) is 18.0. The van der Waals surface area contributed by atoms with Crippen molar-refractivity contribution in [3.63, 3.8) is 0 Å². The molecule has 2 N–H and O–H groups in total. The van der Waals surface area contributed by atoms with E-state index in [1.807, 2.05) is 30.3 Å². The van der Waals surface area contributed by atoms with E-state index in [0.29, 0.717) is 11.8 Å². The molecule has 0 spiro atoms. The van der Waals surface area contributed by atoms with Gasteiger partial charge in [0.2, 0.25) is 0 Å². The molecule has 4 nitrogen and oxygen atoms in total. The van der Waals surface area contributed by atoms with E-state index in [4.69, 9.17) is 0 Å². The molecule has 1 saturated heterocycles. The topological polar surface area (TPSA) is 54.0 Å². The van der Waals surface area contributed by atoms with Gasteiger partial charge in [-0.05, 0) is 56.3 Å². The van der Waals surface area contributed by atoms with Gasteiger partial charge < -0.3 is 10.6 Å². The fourth-order valence-electron chi connectivity index (χ4n) is 3.33. The van der Waals surface area contributed by atoms with E-state index >= 15 is 0 Å². The Morgan fingerprint density at radius 3 is 2.96 bits per heavy atom. The van der Waals surface area contributed by atoms with Gasteiger partial charge in [-0.1, -0.05) is 32.0 Å². The predicted molar refractivity (Wildman–Crippen MR) is 98.4 cm³/mol. The van der Waals surface area contributed by atoms with Gasteiger partial charge in [-0.25, -0.2) is 0 Å². The Bertz CT molecular complexity index is 705. The molecule has 1 aromatic heterocycles. The highest BCUT2D eigenvalue weighted by Gasteiger charge is 2.16. The van der Waals surface area contributed by atoms with E-state index in [1.165, 1.54) is 12.8 Å². The summed E-state index contributed by atoms with van der Waals surface area (Å²) in [6.45, 7) is 7.15. The number of hydrogen-bond acceptors (Lipinski definition) is 3. The first-order valence-corrected chi connectivity index (χ1v) is 9.03. The number of nitrogens with one attached hydrogen (secondary N) is 2. The zero-order valence-corrected chi connectivity index (χ0v) is 14.6. The standard InChI is InChI=1S/C20H27N3O/c1-14(2)19-12-17(16-7-3-4-8-18(16)23-19)20(24)22-11-9-15-6-5-10-21-13-15/h3-4,7-8,12,14-15,21H,5-6,9-11,13H2,1-2H3,(H,22,24). The Hall–Kier alpha value is -1.94. The van der Waals surface area contributed by atoms with Crippen LogP contribution in [-0.4, -0.2) is 30.5 Å². The van der Waals surface area contributed by atoms with Crippen LogP contribution in [0.5, 0.6) is 0 Å². The van der Waals surface area contributed by atoms with Gasteiger partial charge in [-0.2, -0.15) is 0 Å². The molecule has 4 heteroatoms. The first kappa shape index (κ1) is 16.9. The Kier molecular flexibility index (Phi) is 5.46. The van der Waals surface area contributed by atoms with Crippen LogP contribution in [0, 0.1) is 5.92 Å². The first-order chi connectivity index (χ1) is 11.6. The van der Waals surface area contributed by atoms with Gasteiger partial charge in [-0.15, -0.1) is 0 Å². The Labute approximate surface area is 144 Å². The van der Waals surface area contributed by atoms with Crippen LogP contribution in [-0.2, 0) is 0 Å². The van der Waals surface area contributed by atoms with Crippen molar-refractivity contribution >= 4 is 16.8 Å². The van der Waals surface area contributed by atoms with Crippen LogP contribution >= 0.6 is 0 Å². The molecule has 3 rings (SSSR count). The maximum Gasteiger partial charge on any atom is 0.252 e. The molecule has 1 aromatic carbocycles. The van der Waals surface area contributed by atoms with Crippen LogP contribution in [0.4, 0.5) is 0 Å². The van der Waals surface area contributed by atoms with Crippen molar-refractivity contribution in [2.24, 2.45) is 5.92 Å². The zero-order valence-electron chi connectivity index (χ0n) is 14.6. The summed E-state index contributed by atoms with van der Waals surface area (Å²) in [6.07, 6.45) is 3.54. The summed E-state index contributed by atoms with van der Waals surface area (Å²) in [6, 6.07) is 9.84. The second-order valence-electron chi connectivity index (χ2n) is 7.02. The van der Waals surface area contributed by atoms with Crippen LogP contribution in [0.15, 0.2) is 30.3 Å². The summed E-state index contributed by atoms with van der Waals surface area (Å²) < 4.78 is 0. The summed E-state index contributed by atoms with van der Waals surface area (Å²) in [5.74, 6) is 0.994. The van der Waals surface area contributed by atoms with Gasteiger partial charge in [0.25, 0.3) is 5.91 Å². The molecule has 1 amide bonds. The quantitative estimate of drug-likeness (QED) is 0.885. The minimum Gasteiger partial charge on any atom is -0.352 e. The maximum atomic E-state index is 12.7. The van der Waals surface area contributed by atoms with E-state index < -0.39 is 0 Å². The molecule has 0 bridgehead atoms. The number of rotatable bonds is 5. The molecule has 0 aliphatic carbocycles. The summed E-state index contributed by atoms with van der Waals surface area (Å²) in [5, 5.41) is 7.47. The van der Waals surface area contributed by atoms with Crippen molar-refractivity contribution in [2.75, 3.05) is 19.6 Å². The highest BCUT2D eigenvalue weighted by atomic mass is 16.1. The summed E-state index contributed by atoms with van der Waals surface area (Å²) in [5.41, 5.74) is 2.60. The predicted octanol–water partition coefficient (Wildman–Crippen LogP) is 3.48. The third-order valence-corrected chi connectivity index (χ3v) is 4.81. The lowest BCUT2D eigenvalue weighted by molar-refractivity contribution is 0.0952. The van der Waals surface area contributed by atoms with E-state index in [1.54, 1.807) is 0 Å². The fraction of sp³-hybridized carbons (Fsp3) is 0.500. The average Bonchev–Trinajstić information content (AvgIpc) is 2.61. The lowest BCUT2D eigenvalue weighted by Crippen LogP contribution is -2.33. The van der Waals surface area contributed by atoms with Crippen molar-refractivity contribution in [3.05, 3.63) is 41.6 Å². The maximum absolute atomic E-state index is 12.7. The molecule has 0 radical (unpaired) electrons. The van der Waals surface area contributed by atoms with Crippen molar-refractivity contribution < 1.29 is 4.79 Å². The smallest absolute Gasteiger partial charge is 0.252 e. The Morgan fingerprint density at radius 2 is 2.21 bits per heavy atom. The number of fused-ring (bicyclic) bond motifs is 1. The summed E-state index contributed by atoms with van der Waals surface area (Å²) in [7, 11) is 0. The highest BCUT2D eigenvalue weighted by Crippen LogP contribution is 2.22. The van der Waals surface area contributed by atoms with E-state index in [0.717, 1.165) is 48.2 Å². The summed E-state index contributed by atoms with van der Waals surface area (Å²) in [4.78, 5) is 17.4. The van der Waals surface area contributed by atoms with Crippen LogP contribution in [0.1, 0.15) is 55.1 Å². The average molecular weight is 325 g/mol. The molecule has 2 aromatic rings. The molecule has 1 aliphatic heterocycles. The minimum atomic E-state index is 0.0132. The van der Waals surface area contributed by atoms with Gasteiger partial charge in [0, 0.05) is 17.6 Å². The van der Waals surface area contributed by atoms with Crippen LogP contribution in [0.3, 0.4) is 0 Å². The van der Waals surface area contributed by atoms with Crippen LogP contribution < -0.4 is 10.6 Å². The molecule has 2 heterocycles. The molecular formula is C20H27N3O. The number of carbonyl (C=O) groups is 1. The minimum absolute atomic E-state index is 0.0132. The number of piperidine rings is 1. The molecule has 0 saturated carbocycles. The summed E-state index contributed by atoms with van der Waals surface area (Å²) >= 11 is 0. The zero-order chi connectivity index (χ0) is 16.9. The monoisotopic (exact) mass is 325 g/mol. The van der Waals surface area contributed by atoms with Crippen molar-refractivity contribution in [1.82, 2.24) is 15.6 Å². The number of benzene rings is 1. The van der Waals surface area contributed by atoms with Crippen LogP contribution in [0.2, 0.25) is 0 Å². The molecule has 1 unspecified atom stereocenters. The second-order valence-corrected chi connectivity index (χ2v) is 7.02. The third-order valence-electron chi connectivity index (χ3n) is 4.81. The third kappa shape index (κ3) is 3.93. The molecule has 128 valence electrons. The molecule has 1 atom stereocenters. The molecular weight excluding hydrogens is 298 g/mol. The first-order valence-electron chi connectivity index (χ1n) is 9.03. The molecule has 1 fully saturated rings. The van der Waals surface area contributed by atoms with Crippen molar-refractivity contribution in [2.45, 2.75) is 39.0 Å². The van der Waals surface area contributed by atoms with Gasteiger partial charge in [-0.3, -0.25) is 9.78 Å². The second kappa shape index (κ2) is 7.75. The Morgan fingerprint density at radius 1 is 1.38 bits per heavy atom. The van der Waals surface area contributed by atoms with Gasteiger partial charge >= 0.3 is 0 Å². The van der Waals surface area contributed by atoms with Gasteiger partial charge in [0.15, 0.2) is 0 Å². The lowest BCUT2D eigenvalue weighted by Gasteiger charge is -2.22.